The van der Waals surface area contributed by atoms with Crippen LogP contribution in [0.4, 0.5) is 5.69 Å². The van der Waals surface area contributed by atoms with Crippen molar-refractivity contribution >= 4 is 23.3 Å². The first kappa shape index (κ1) is 18.4. The molecule has 2 aromatic carbocycles. The Kier molecular flexibility index (Phi) is 6.89. The molecular formula is C20H21NO4. The number of ketones is 1. The molecule has 1 amide bonds. The Bertz CT molecular complexity index is 723. The molecule has 130 valence electrons. The van der Waals surface area contributed by atoms with Gasteiger partial charge < -0.3 is 10.1 Å². The van der Waals surface area contributed by atoms with Crippen molar-refractivity contribution in [2.75, 3.05) is 11.9 Å². The number of rotatable bonds is 8. The maximum Gasteiger partial charge on any atom is 0.306 e. The summed E-state index contributed by atoms with van der Waals surface area (Å²) in [5, 5.41) is 2.70. The summed E-state index contributed by atoms with van der Waals surface area (Å²) in [6.45, 7) is 1.48. The van der Waals surface area contributed by atoms with Gasteiger partial charge in [-0.15, -0.1) is 0 Å². The van der Waals surface area contributed by atoms with Crippen LogP contribution >= 0.6 is 0 Å². The number of Topliss-reactive ketones (excluding diaryl/α,β-unsaturated/α-hetero) is 1. The van der Waals surface area contributed by atoms with E-state index in [-0.39, 0.29) is 24.7 Å². The fraction of sp³-hybridized carbons (Fsp3) is 0.250. The van der Waals surface area contributed by atoms with Crippen LogP contribution in [0.1, 0.15) is 35.7 Å². The summed E-state index contributed by atoms with van der Waals surface area (Å²) < 4.78 is 5.03. The van der Waals surface area contributed by atoms with Gasteiger partial charge in [-0.2, -0.15) is 0 Å². The van der Waals surface area contributed by atoms with Crippen molar-refractivity contribution in [3.05, 3.63) is 65.7 Å². The first-order valence-corrected chi connectivity index (χ1v) is 8.21. The minimum atomic E-state index is -0.399. The largest absolute Gasteiger partial charge is 0.457 e. The van der Waals surface area contributed by atoms with Gasteiger partial charge in [0.2, 0.25) is 5.91 Å². The van der Waals surface area contributed by atoms with Gasteiger partial charge in [0.05, 0.1) is 0 Å². The number of ether oxygens (including phenoxy) is 1. The van der Waals surface area contributed by atoms with E-state index in [0.717, 1.165) is 5.56 Å². The third kappa shape index (κ3) is 6.22. The third-order valence-corrected chi connectivity index (χ3v) is 3.64. The second-order valence-corrected chi connectivity index (χ2v) is 5.55. The molecule has 0 radical (unpaired) electrons. The molecule has 0 heterocycles. The molecule has 0 fully saturated rings. The average Bonchev–Trinajstić information content (AvgIpc) is 2.65. The van der Waals surface area contributed by atoms with Gasteiger partial charge in [0.25, 0.3) is 0 Å². The molecule has 0 spiro atoms. The number of carbonyl (C=O) groups excluding carboxylic acids is 3. The zero-order chi connectivity index (χ0) is 18.1. The van der Waals surface area contributed by atoms with E-state index in [0.29, 0.717) is 24.1 Å². The summed E-state index contributed by atoms with van der Waals surface area (Å²) in [4.78, 5) is 35.1. The topological polar surface area (TPSA) is 72.5 Å². The third-order valence-electron chi connectivity index (χ3n) is 3.64. The molecule has 0 saturated carbocycles. The van der Waals surface area contributed by atoms with Crippen molar-refractivity contribution in [1.29, 1.82) is 0 Å². The second-order valence-electron chi connectivity index (χ2n) is 5.55. The zero-order valence-corrected chi connectivity index (χ0v) is 14.2. The summed E-state index contributed by atoms with van der Waals surface area (Å²) in [6, 6.07) is 16.1. The van der Waals surface area contributed by atoms with Gasteiger partial charge in [0.15, 0.2) is 12.4 Å². The number of nitrogens with one attached hydrogen (secondary N) is 1. The van der Waals surface area contributed by atoms with Crippen LogP contribution in [0.5, 0.6) is 0 Å². The minimum absolute atomic E-state index is 0.0913. The Morgan fingerprint density at radius 1 is 0.960 bits per heavy atom. The molecule has 1 N–H and O–H groups in total. The molecule has 0 aliphatic rings. The first-order chi connectivity index (χ1) is 12.1. The molecule has 5 heteroatoms. The molecule has 5 nitrogen and oxygen atoms in total. The van der Waals surface area contributed by atoms with E-state index in [4.69, 9.17) is 4.74 Å². The lowest BCUT2D eigenvalue weighted by atomic mass is 10.1. The van der Waals surface area contributed by atoms with Gasteiger partial charge in [-0.3, -0.25) is 14.4 Å². The summed E-state index contributed by atoms with van der Waals surface area (Å²) in [7, 11) is 0. The number of hydrogen-bond acceptors (Lipinski definition) is 4. The Morgan fingerprint density at radius 3 is 2.28 bits per heavy atom. The molecular weight excluding hydrogens is 318 g/mol. The van der Waals surface area contributed by atoms with E-state index in [1.54, 1.807) is 31.2 Å². The van der Waals surface area contributed by atoms with Crippen LogP contribution in [0.25, 0.3) is 0 Å². The molecule has 0 aliphatic heterocycles. The lowest BCUT2D eigenvalue weighted by Gasteiger charge is -2.06. The molecule has 0 unspecified atom stereocenters. The van der Waals surface area contributed by atoms with Gasteiger partial charge in [-0.1, -0.05) is 37.3 Å². The average molecular weight is 339 g/mol. The van der Waals surface area contributed by atoms with E-state index in [9.17, 15) is 14.4 Å². The van der Waals surface area contributed by atoms with E-state index < -0.39 is 5.97 Å². The molecule has 0 bridgehead atoms. The van der Waals surface area contributed by atoms with Crippen molar-refractivity contribution in [2.45, 2.75) is 26.2 Å². The van der Waals surface area contributed by atoms with Crippen molar-refractivity contribution in [1.82, 2.24) is 0 Å². The number of carbonyl (C=O) groups is 3. The quantitative estimate of drug-likeness (QED) is 0.591. The lowest BCUT2D eigenvalue weighted by molar-refractivity contribution is -0.142. The van der Waals surface area contributed by atoms with E-state index in [2.05, 4.69) is 5.32 Å². The molecule has 0 saturated heterocycles. The zero-order valence-electron chi connectivity index (χ0n) is 14.2. The minimum Gasteiger partial charge on any atom is -0.457 e. The molecule has 0 aromatic heterocycles. The highest BCUT2D eigenvalue weighted by Crippen LogP contribution is 2.11. The van der Waals surface area contributed by atoms with Gasteiger partial charge in [-0.05, 0) is 36.2 Å². The highest BCUT2D eigenvalue weighted by atomic mass is 16.5. The summed E-state index contributed by atoms with van der Waals surface area (Å²) in [5.41, 5.74) is 2.11. The van der Waals surface area contributed by atoms with Crippen LogP contribution in [0.15, 0.2) is 54.6 Å². The smallest absolute Gasteiger partial charge is 0.306 e. The monoisotopic (exact) mass is 339 g/mol. The van der Waals surface area contributed by atoms with Crippen LogP contribution in [-0.4, -0.2) is 24.3 Å². The predicted molar refractivity (Wildman–Crippen MR) is 95.4 cm³/mol. The Labute approximate surface area is 147 Å². The highest BCUT2D eigenvalue weighted by molar-refractivity contribution is 5.98. The van der Waals surface area contributed by atoms with Crippen molar-refractivity contribution in [2.24, 2.45) is 0 Å². The number of anilines is 1. The maximum absolute atomic E-state index is 12.0. The number of aryl methyl sites for hydroxylation is 1. The molecule has 2 aromatic rings. The molecule has 0 atom stereocenters. The SMILES string of the molecule is CCC(=O)Nc1ccc(C(=O)COC(=O)CCc2ccccc2)cc1. The van der Waals surface area contributed by atoms with Crippen LogP contribution in [0.2, 0.25) is 0 Å². The Balaban J connectivity index is 1.77. The van der Waals surface area contributed by atoms with Crippen molar-refractivity contribution in [3.63, 3.8) is 0 Å². The molecule has 25 heavy (non-hydrogen) atoms. The van der Waals surface area contributed by atoms with E-state index in [1.807, 2.05) is 30.3 Å². The fourth-order valence-electron chi connectivity index (χ4n) is 2.18. The van der Waals surface area contributed by atoms with Crippen molar-refractivity contribution < 1.29 is 19.1 Å². The van der Waals surface area contributed by atoms with Crippen LogP contribution in [0, 0.1) is 0 Å². The van der Waals surface area contributed by atoms with Crippen LogP contribution in [0.3, 0.4) is 0 Å². The second kappa shape index (κ2) is 9.37. The molecule has 2 rings (SSSR count). The Morgan fingerprint density at radius 2 is 1.64 bits per heavy atom. The lowest BCUT2D eigenvalue weighted by Crippen LogP contribution is -2.15. The van der Waals surface area contributed by atoms with E-state index in [1.165, 1.54) is 0 Å². The standard InChI is InChI=1S/C20H21NO4/c1-2-19(23)21-17-11-9-16(10-12-17)18(22)14-25-20(24)13-8-15-6-4-3-5-7-15/h3-7,9-12H,2,8,13-14H2,1H3,(H,21,23). The maximum atomic E-state index is 12.0. The van der Waals surface area contributed by atoms with Crippen LogP contribution < -0.4 is 5.32 Å². The predicted octanol–water partition coefficient (Wildman–Crippen LogP) is 3.39. The van der Waals surface area contributed by atoms with E-state index >= 15 is 0 Å². The van der Waals surface area contributed by atoms with Crippen molar-refractivity contribution in [3.8, 4) is 0 Å². The van der Waals surface area contributed by atoms with Gasteiger partial charge in [-0.25, -0.2) is 0 Å². The van der Waals surface area contributed by atoms with Gasteiger partial charge in [0, 0.05) is 24.1 Å². The first-order valence-electron chi connectivity index (χ1n) is 8.21. The summed E-state index contributed by atoms with van der Waals surface area (Å²) >= 11 is 0. The molecule has 0 aliphatic carbocycles. The van der Waals surface area contributed by atoms with Gasteiger partial charge >= 0.3 is 5.97 Å². The number of amides is 1. The van der Waals surface area contributed by atoms with Gasteiger partial charge in [0.1, 0.15) is 0 Å². The summed E-state index contributed by atoms with van der Waals surface area (Å²) in [5.74, 6) is -0.767. The normalized spacial score (nSPS) is 10.1. The summed E-state index contributed by atoms with van der Waals surface area (Å²) in [6.07, 6.45) is 1.21. The number of benzene rings is 2. The fourth-order valence-corrected chi connectivity index (χ4v) is 2.18. The van der Waals surface area contributed by atoms with Crippen LogP contribution in [-0.2, 0) is 20.7 Å². The Hall–Kier alpha value is -2.95. The highest BCUT2D eigenvalue weighted by Gasteiger charge is 2.10. The number of hydrogen-bond donors (Lipinski definition) is 1. The number of esters is 1.